The quantitative estimate of drug-likeness (QED) is 0.0712. The zero-order chi connectivity index (χ0) is 37.7. The highest BCUT2D eigenvalue weighted by Gasteiger charge is 2.50. The Balaban J connectivity index is 1.14. The molecule has 2 aliphatic rings. The fourth-order valence-electron chi connectivity index (χ4n) is 4.68. The number of aliphatic hydroxyl groups is 4. The Kier molecular flexibility index (Phi) is 11.4. The van der Waals surface area contributed by atoms with Crippen molar-refractivity contribution in [1.29, 1.82) is 0 Å². The molecule has 0 saturated carbocycles. The molecule has 3 aromatic rings. The first kappa shape index (κ1) is 39.6. The van der Waals surface area contributed by atoms with Gasteiger partial charge in [0, 0.05) is 12.3 Å². The highest BCUT2D eigenvalue weighted by Crippen LogP contribution is 2.71. The molecule has 0 amide bonds. The van der Waals surface area contributed by atoms with Gasteiger partial charge in [-0.25, -0.2) is 38.0 Å². The van der Waals surface area contributed by atoms with Gasteiger partial charge in [0.25, 0.3) is 5.56 Å². The number of phosphoric ester groups is 2. The van der Waals surface area contributed by atoms with Crippen LogP contribution in [0.25, 0.3) is 11.2 Å². The Morgan fingerprint density at radius 2 is 1.24 bits per heavy atom. The first-order chi connectivity index (χ1) is 23.6. The van der Waals surface area contributed by atoms with Crippen LogP contribution in [0.15, 0.2) is 34.5 Å². The lowest BCUT2D eigenvalue weighted by atomic mass is 10.1. The van der Waals surface area contributed by atoms with E-state index >= 15 is 0 Å². The van der Waals surface area contributed by atoms with E-state index in [1.165, 1.54) is 0 Å². The topological polar surface area (TPSA) is 419 Å². The number of nitrogens with zero attached hydrogens (tertiary/aromatic N) is 5. The molecule has 28 nitrogen and oxygen atoms in total. The van der Waals surface area contributed by atoms with E-state index in [0.29, 0.717) is 4.57 Å². The van der Waals surface area contributed by atoms with Gasteiger partial charge in [-0.1, -0.05) is 0 Å². The molecule has 5 rings (SSSR count). The second-order valence-corrected chi connectivity index (χ2v) is 16.6. The molecular formula is C19H27N7O21P4. The van der Waals surface area contributed by atoms with Crippen LogP contribution in [0.5, 0.6) is 0 Å². The number of hydrogen-bond donors (Lipinski definition) is 10. The molecule has 284 valence electrons. The van der Waals surface area contributed by atoms with Crippen molar-refractivity contribution in [2.24, 2.45) is 0 Å². The number of anilines is 1. The number of aromatic nitrogens is 6. The monoisotopic (exact) mass is 813 g/mol. The minimum absolute atomic E-state index is 0.0228. The van der Waals surface area contributed by atoms with Gasteiger partial charge in [-0.3, -0.25) is 28.0 Å². The number of ether oxygens (including phenoxy) is 2. The number of imidazole rings is 1. The van der Waals surface area contributed by atoms with Crippen molar-refractivity contribution >= 4 is 48.3 Å². The van der Waals surface area contributed by atoms with Crippen LogP contribution >= 0.6 is 31.3 Å². The van der Waals surface area contributed by atoms with Crippen molar-refractivity contribution in [3.05, 3.63) is 45.8 Å². The standard InChI is InChI=1S/C19H27N7O21P4/c20-15-10-16(22-5-21-15)26(6-23-10)18-14(31)12(29)8(44-18)4-42-49(35,36)46-51(39,40)47-50(37,38)45-48(33,34)41-3-7-11(28)13(30)17(43-7)25-2-1-9(27)24-19(25)32/h1-2,5-8,11-14,17-18,28-31H,3-4H2,(H,33,34)(H,35,36)(H,37,38)(H,39,40)(H2,20,21,22)(H,24,27,32). The van der Waals surface area contributed by atoms with Crippen LogP contribution < -0.4 is 17.0 Å². The van der Waals surface area contributed by atoms with Crippen molar-refractivity contribution in [2.45, 2.75) is 49.1 Å². The number of hydrogen-bond acceptors (Lipinski definition) is 21. The van der Waals surface area contributed by atoms with Gasteiger partial charge >= 0.3 is 37.0 Å². The first-order valence-corrected chi connectivity index (χ1v) is 19.6. The highest BCUT2D eigenvalue weighted by atomic mass is 31.3. The average molecular weight is 813 g/mol. The van der Waals surface area contributed by atoms with Crippen LogP contribution in [0.1, 0.15) is 12.5 Å². The maximum absolute atomic E-state index is 12.4. The molecule has 2 saturated heterocycles. The molecular weight excluding hydrogens is 786 g/mol. The number of fused-ring (bicyclic) bond motifs is 1. The van der Waals surface area contributed by atoms with Gasteiger partial charge in [-0.05, 0) is 0 Å². The number of nitrogen functional groups attached to an aromatic ring is 1. The summed E-state index contributed by atoms with van der Waals surface area (Å²) >= 11 is 0. The molecule has 11 N–H and O–H groups in total. The van der Waals surface area contributed by atoms with Crippen LogP contribution in [-0.2, 0) is 49.7 Å². The largest absolute Gasteiger partial charge is 0.490 e. The molecule has 51 heavy (non-hydrogen) atoms. The third kappa shape index (κ3) is 9.12. The van der Waals surface area contributed by atoms with Crippen molar-refractivity contribution in [3.8, 4) is 0 Å². The summed E-state index contributed by atoms with van der Waals surface area (Å²) in [6.07, 6.45) is -10.6. The minimum atomic E-state index is -6.22. The number of aromatic amines is 1. The number of nitrogens with one attached hydrogen (secondary N) is 1. The molecule has 2 fully saturated rings. The van der Waals surface area contributed by atoms with E-state index in [1.807, 2.05) is 4.98 Å². The van der Waals surface area contributed by atoms with Gasteiger partial charge in [0.1, 0.15) is 48.5 Å². The van der Waals surface area contributed by atoms with E-state index in [4.69, 9.17) is 15.2 Å². The summed E-state index contributed by atoms with van der Waals surface area (Å²) < 4.78 is 82.0. The van der Waals surface area contributed by atoms with E-state index in [9.17, 15) is 67.8 Å². The predicted molar refractivity (Wildman–Crippen MR) is 157 cm³/mol. The molecule has 5 heterocycles. The summed E-state index contributed by atoms with van der Waals surface area (Å²) in [6.45, 7) is -2.32. The predicted octanol–water partition coefficient (Wildman–Crippen LogP) is -3.32. The van der Waals surface area contributed by atoms with Crippen molar-refractivity contribution < 1.29 is 89.7 Å². The van der Waals surface area contributed by atoms with E-state index in [1.54, 1.807) is 0 Å². The molecule has 3 aromatic heterocycles. The van der Waals surface area contributed by atoms with Gasteiger partial charge in [0.2, 0.25) is 0 Å². The van der Waals surface area contributed by atoms with Gasteiger partial charge in [-0.2, -0.15) is 12.9 Å². The van der Waals surface area contributed by atoms with Crippen LogP contribution in [0.2, 0.25) is 0 Å². The van der Waals surface area contributed by atoms with Gasteiger partial charge in [-0.15, -0.1) is 0 Å². The lowest BCUT2D eigenvalue weighted by molar-refractivity contribution is -0.0542. The van der Waals surface area contributed by atoms with Crippen molar-refractivity contribution in [2.75, 3.05) is 18.9 Å². The molecule has 12 atom stereocenters. The Morgan fingerprint density at radius 1 is 0.745 bits per heavy atom. The number of H-pyrrole nitrogens is 1. The fourth-order valence-corrected chi connectivity index (χ4v) is 9.63. The van der Waals surface area contributed by atoms with Gasteiger partial charge in [0.15, 0.2) is 23.9 Å². The summed E-state index contributed by atoms with van der Waals surface area (Å²) in [5.41, 5.74) is 4.02. The molecule has 32 heteroatoms. The maximum atomic E-state index is 12.4. The Bertz CT molecular complexity index is 2080. The number of nitrogens with two attached hydrogens (primary N) is 1. The lowest BCUT2D eigenvalue weighted by Crippen LogP contribution is -2.37. The Morgan fingerprint density at radius 3 is 1.75 bits per heavy atom. The Hall–Kier alpha value is -2.65. The van der Waals surface area contributed by atoms with Crippen LogP contribution in [0.3, 0.4) is 0 Å². The summed E-state index contributed by atoms with van der Waals surface area (Å²) in [4.78, 5) is 76.1. The SMILES string of the molecule is Nc1ncnc2c1ncn2C1OC(COP(=O)(O)OP(=O)(O)OP(=O)(O)OP(=O)(O)OCC2OC(n3ccc(=O)[nH]c3=O)C(O)C2O)C(O)C1O. The average Bonchev–Trinajstić information content (AvgIpc) is 3.64. The van der Waals surface area contributed by atoms with Crippen molar-refractivity contribution in [3.63, 3.8) is 0 Å². The molecule has 0 aromatic carbocycles. The van der Waals surface area contributed by atoms with Gasteiger partial charge in [0.05, 0.1) is 19.5 Å². The molecule has 2 aliphatic heterocycles. The van der Waals surface area contributed by atoms with E-state index in [0.717, 1.165) is 29.5 Å². The Labute approximate surface area is 281 Å². The zero-order valence-electron chi connectivity index (χ0n) is 24.8. The number of phosphoric acid groups is 4. The van der Waals surface area contributed by atoms with E-state index in [2.05, 4.69) is 36.9 Å². The summed E-state index contributed by atoms with van der Waals surface area (Å²) in [6, 6.07) is 0.876. The number of rotatable bonds is 14. The second kappa shape index (κ2) is 14.6. The third-order valence-electron chi connectivity index (χ3n) is 6.88. The highest BCUT2D eigenvalue weighted by molar-refractivity contribution is 7.69. The number of aliphatic hydroxyl groups excluding tert-OH is 4. The molecule has 0 aliphatic carbocycles. The third-order valence-corrected chi connectivity index (χ3v) is 12.8. The second-order valence-electron chi connectivity index (χ2n) is 10.4. The normalized spacial score (nSPS) is 31.5. The van der Waals surface area contributed by atoms with Crippen LogP contribution in [0.4, 0.5) is 5.82 Å². The zero-order valence-corrected chi connectivity index (χ0v) is 28.4. The maximum Gasteiger partial charge on any atom is 0.490 e. The summed E-state index contributed by atoms with van der Waals surface area (Å²) in [5.74, 6) is -0.0228. The van der Waals surface area contributed by atoms with Crippen molar-refractivity contribution in [1.82, 2.24) is 29.1 Å². The summed E-state index contributed by atoms with van der Waals surface area (Å²) in [5, 5.41) is 41.2. The van der Waals surface area contributed by atoms with Gasteiger partial charge < -0.3 is 55.2 Å². The van der Waals surface area contributed by atoms with E-state index < -0.39 is 105 Å². The van der Waals surface area contributed by atoms with E-state index in [-0.39, 0.29) is 17.0 Å². The summed E-state index contributed by atoms with van der Waals surface area (Å²) in [7, 11) is -24.0. The lowest BCUT2D eigenvalue weighted by Gasteiger charge is -2.21. The smallest absolute Gasteiger partial charge is 0.387 e. The molecule has 12 unspecified atom stereocenters. The fraction of sp³-hybridized carbons (Fsp3) is 0.526. The first-order valence-electron chi connectivity index (χ1n) is 13.6. The van der Waals surface area contributed by atoms with Crippen LogP contribution in [0, 0.1) is 0 Å². The van der Waals surface area contributed by atoms with Crippen LogP contribution in [-0.4, -0.2) is 119 Å². The molecule has 0 radical (unpaired) electrons. The molecule has 0 bridgehead atoms. The minimum Gasteiger partial charge on any atom is -0.387 e. The molecule has 0 spiro atoms.